The molecule has 4 fully saturated rings. The van der Waals surface area contributed by atoms with Crippen LogP contribution in [0, 0.1) is 5.41 Å². The molecule has 0 spiro atoms. The molecule has 2 bridgehead atoms. The van der Waals surface area contributed by atoms with E-state index in [1.807, 2.05) is 43.8 Å². The van der Waals surface area contributed by atoms with Gasteiger partial charge in [-0.05, 0) is 94.7 Å². The van der Waals surface area contributed by atoms with E-state index in [1.54, 1.807) is 12.1 Å². The van der Waals surface area contributed by atoms with Gasteiger partial charge in [0.2, 0.25) is 0 Å². The molecule has 37 heavy (non-hydrogen) atoms. The van der Waals surface area contributed by atoms with E-state index in [4.69, 9.17) is 19.3 Å². The number of phenols is 1. The van der Waals surface area contributed by atoms with E-state index < -0.39 is 5.60 Å². The van der Waals surface area contributed by atoms with Crippen LogP contribution in [0.25, 0.3) is 22.0 Å². The highest BCUT2D eigenvalue weighted by Gasteiger charge is 2.69. The number of aromatic hydroxyl groups is 1. The van der Waals surface area contributed by atoms with E-state index in [2.05, 4.69) is 17.4 Å². The minimum atomic E-state index is -0.505. The van der Waals surface area contributed by atoms with Gasteiger partial charge in [0.15, 0.2) is 6.23 Å². The van der Waals surface area contributed by atoms with Crippen LogP contribution in [0.4, 0.5) is 4.79 Å². The fourth-order valence-electron chi connectivity index (χ4n) is 6.23. The number of alkyl carbamates (subject to hydrolysis) is 1. The summed E-state index contributed by atoms with van der Waals surface area (Å²) in [7, 11) is 0. The predicted octanol–water partition coefficient (Wildman–Crippen LogP) is 5.93. The molecule has 1 saturated heterocycles. The monoisotopic (exact) mass is 505 g/mol. The van der Waals surface area contributed by atoms with Gasteiger partial charge in [0.05, 0.1) is 23.7 Å². The summed E-state index contributed by atoms with van der Waals surface area (Å²) in [6, 6.07) is 11.4. The van der Waals surface area contributed by atoms with Gasteiger partial charge >= 0.3 is 6.09 Å². The highest BCUT2D eigenvalue weighted by atomic mass is 16.6. The molecule has 1 amide bonds. The zero-order valence-electron chi connectivity index (χ0n) is 21.8. The minimum absolute atomic E-state index is 0.0782. The Morgan fingerprint density at radius 1 is 1.16 bits per heavy atom. The molecule has 8 heteroatoms. The molecule has 7 rings (SSSR count). The Hall–Kier alpha value is -3.26. The Bertz CT molecular complexity index is 1300. The maximum absolute atomic E-state index is 12.2. The molecular weight excluding hydrogens is 470 g/mol. The second kappa shape index (κ2) is 8.65. The molecule has 1 unspecified atom stereocenters. The first-order chi connectivity index (χ1) is 17.6. The summed E-state index contributed by atoms with van der Waals surface area (Å²) >= 11 is 0. The summed E-state index contributed by atoms with van der Waals surface area (Å²) in [6.45, 7) is 6.96. The first kappa shape index (κ1) is 24.1. The highest BCUT2D eigenvalue weighted by Crippen LogP contribution is 2.67. The van der Waals surface area contributed by atoms with Crippen molar-refractivity contribution in [3.05, 3.63) is 42.6 Å². The molecule has 1 aliphatic heterocycles. The van der Waals surface area contributed by atoms with Crippen LogP contribution in [0.15, 0.2) is 42.6 Å². The maximum Gasteiger partial charge on any atom is 0.408 e. The third-order valence-corrected chi connectivity index (χ3v) is 7.75. The first-order valence-corrected chi connectivity index (χ1v) is 13.2. The van der Waals surface area contributed by atoms with Crippen LogP contribution in [0.5, 0.6) is 11.5 Å². The fourth-order valence-corrected chi connectivity index (χ4v) is 6.23. The van der Waals surface area contributed by atoms with Crippen molar-refractivity contribution in [1.29, 1.82) is 0 Å². The van der Waals surface area contributed by atoms with Gasteiger partial charge in [0, 0.05) is 17.6 Å². The summed E-state index contributed by atoms with van der Waals surface area (Å²) in [4.78, 5) is 12.2. The van der Waals surface area contributed by atoms with Crippen molar-refractivity contribution in [2.75, 3.05) is 13.2 Å². The number of carbonyl (C=O) groups excluding carboxylic acids is 1. The van der Waals surface area contributed by atoms with Crippen LogP contribution in [-0.2, 0) is 9.47 Å². The molecule has 2 heterocycles. The number of phenolic OH excluding ortho intramolecular Hbond substituents is 1. The maximum atomic E-state index is 12.2. The topological polar surface area (TPSA) is 94.8 Å². The molecule has 0 radical (unpaired) electrons. The quantitative estimate of drug-likeness (QED) is 0.431. The van der Waals surface area contributed by atoms with Crippen molar-refractivity contribution in [2.24, 2.45) is 5.41 Å². The SMILES string of the molecule is CC(C)(C)OC(=O)NC12CC(COc3cc(-c4ccc(O)cc4)cc4c3cnn4C3CCCCO3)(C1)C2. The van der Waals surface area contributed by atoms with E-state index in [-0.39, 0.29) is 29.0 Å². The van der Waals surface area contributed by atoms with E-state index in [0.717, 1.165) is 72.9 Å². The number of nitrogens with one attached hydrogen (secondary N) is 1. The number of nitrogens with zero attached hydrogens (tertiary/aromatic N) is 2. The van der Waals surface area contributed by atoms with Crippen molar-refractivity contribution in [2.45, 2.75) is 76.7 Å². The van der Waals surface area contributed by atoms with Crippen LogP contribution >= 0.6 is 0 Å². The number of aromatic nitrogens is 2. The van der Waals surface area contributed by atoms with Crippen LogP contribution in [0.3, 0.4) is 0 Å². The average Bonchev–Trinajstić information content (AvgIpc) is 3.23. The van der Waals surface area contributed by atoms with Crippen molar-refractivity contribution in [3.63, 3.8) is 0 Å². The minimum Gasteiger partial charge on any atom is -0.508 e. The molecule has 8 nitrogen and oxygen atoms in total. The van der Waals surface area contributed by atoms with Crippen LogP contribution < -0.4 is 10.1 Å². The van der Waals surface area contributed by atoms with Crippen LogP contribution in [0.1, 0.15) is 65.5 Å². The number of hydrogen-bond acceptors (Lipinski definition) is 6. The number of ether oxygens (including phenoxy) is 3. The predicted molar refractivity (Wildman–Crippen MR) is 140 cm³/mol. The molecule has 3 saturated carbocycles. The Morgan fingerprint density at radius 2 is 1.92 bits per heavy atom. The van der Waals surface area contributed by atoms with Gasteiger partial charge < -0.3 is 24.6 Å². The van der Waals surface area contributed by atoms with Gasteiger partial charge in [-0.25, -0.2) is 9.48 Å². The van der Waals surface area contributed by atoms with Gasteiger partial charge in [-0.2, -0.15) is 5.10 Å². The summed E-state index contributed by atoms with van der Waals surface area (Å²) < 4.78 is 19.9. The van der Waals surface area contributed by atoms with Crippen LogP contribution in [-0.4, -0.2) is 45.3 Å². The van der Waals surface area contributed by atoms with Gasteiger partial charge in [0.1, 0.15) is 17.1 Å². The number of carbonyl (C=O) groups is 1. The number of fused-ring (bicyclic) bond motifs is 1. The standard InChI is InChI=1S/C29H35N3O5/c1-27(2,3)37-26(34)31-29-15-28(16-29,17-29)18-36-24-13-20(19-7-9-21(33)10-8-19)12-23-22(24)14-30-32(23)25-6-4-5-11-35-25/h7-10,12-14,25,33H,4-6,11,15-18H2,1-3H3,(H,31,34). The third-order valence-electron chi connectivity index (χ3n) is 7.75. The van der Waals surface area contributed by atoms with E-state index in [9.17, 15) is 9.90 Å². The normalized spacial score (nSPS) is 26.7. The molecular formula is C29H35N3O5. The number of hydrogen-bond donors (Lipinski definition) is 2. The second-order valence-electron chi connectivity index (χ2n) is 12.1. The zero-order chi connectivity index (χ0) is 25.8. The Labute approximate surface area is 216 Å². The number of rotatable bonds is 6. The zero-order valence-corrected chi connectivity index (χ0v) is 21.8. The summed E-state index contributed by atoms with van der Waals surface area (Å²) in [5, 5.41) is 18.5. The highest BCUT2D eigenvalue weighted by molar-refractivity contribution is 5.90. The summed E-state index contributed by atoms with van der Waals surface area (Å²) in [6.07, 6.45) is 7.28. The van der Waals surface area contributed by atoms with E-state index in [1.165, 1.54) is 0 Å². The van der Waals surface area contributed by atoms with Crippen molar-refractivity contribution >= 4 is 17.0 Å². The Balaban J connectivity index is 1.22. The molecule has 1 atom stereocenters. The third kappa shape index (κ3) is 4.63. The molecule has 2 aromatic carbocycles. The first-order valence-electron chi connectivity index (χ1n) is 13.2. The molecule has 3 aromatic rings. The van der Waals surface area contributed by atoms with Gasteiger partial charge in [-0.3, -0.25) is 0 Å². The average molecular weight is 506 g/mol. The molecule has 1 aromatic heterocycles. The lowest BCUT2D eigenvalue weighted by atomic mass is 9.39. The summed E-state index contributed by atoms with van der Waals surface area (Å²) in [5.74, 6) is 1.03. The molecule has 3 aliphatic carbocycles. The van der Waals surface area contributed by atoms with E-state index >= 15 is 0 Å². The molecule has 196 valence electrons. The Morgan fingerprint density at radius 3 is 2.59 bits per heavy atom. The molecule has 2 N–H and O–H groups in total. The van der Waals surface area contributed by atoms with Crippen LogP contribution in [0.2, 0.25) is 0 Å². The van der Waals surface area contributed by atoms with Crippen molar-refractivity contribution < 1.29 is 24.1 Å². The summed E-state index contributed by atoms with van der Waals surface area (Å²) in [5.41, 5.74) is 2.40. The smallest absolute Gasteiger partial charge is 0.408 e. The second-order valence-corrected chi connectivity index (χ2v) is 12.1. The molecule has 4 aliphatic rings. The lowest BCUT2D eigenvalue weighted by Crippen LogP contribution is -2.76. The van der Waals surface area contributed by atoms with Crippen molar-refractivity contribution in [1.82, 2.24) is 15.1 Å². The fraction of sp³-hybridized carbons (Fsp3) is 0.517. The Kier molecular flexibility index (Phi) is 5.64. The largest absolute Gasteiger partial charge is 0.508 e. The van der Waals surface area contributed by atoms with Gasteiger partial charge in [0.25, 0.3) is 0 Å². The lowest BCUT2D eigenvalue weighted by molar-refractivity contribution is -0.170. The number of amides is 1. The number of benzene rings is 2. The van der Waals surface area contributed by atoms with Gasteiger partial charge in [-0.15, -0.1) is 0 Å². The van der Waals surface area contributed by atoms with Gasteiger partial charge in [-0.1, -0.05) is 12.1 Å². The van der Waals surface area contributed by atoms with E-state index in [0.29, 0.717) is 6.61 Å². The lowest BCUT2D eigenvalue weighted by Gasteiger charge is -2.69. The van der Waals surface area contributed by atoms with Crippen molar-refractivity contribution in [3.8, 4) is 22.6 Å².